The molecule has 0 bridgehead atoms. The van der Waals surface area contributed by atoms with Gasteiger partial charge in [-0.3, -0.25) is 4.91 Å². The molecule has 0 amide bonds. The molecule has 0 radical (unpaired) electrons. The van der Waals surface area contributed by atoms with E-state index in [2.05, 4.69) is 241 Å². The Balaban J connectivity index is 0.000000119. The van der Waals surface area contributed by atoms with Gasteiger partial charge in [-0.15, -0.1) is 0 Å². The van der Waals surface area contributed by atoms with E-state index >= 15 is 0 Å². The minimum atomic E-state index is -0.750. The fourth-order valence-electron chi connectivity index (χ4n) is 17.0. The summed E-state index contributed by atoms with van der Waals surface area (Å²) < 4.78 is 14.2. The van der Waals surface area contributed by atoms with Gasteiger partial charge in [-0.2, -0.15) is 64.6 Å². The molecule has 19 nitrogen and oxygen atoms in total. The summed E-state index contributed by atoms with van der Waals surface area (Å²) >= 11 is 20.0. The van der Waals surface area contributed by atoms with E-state index in [9.17, 15) is 0 Å². The van der Waals surface area contributed by atoms with E-state index < -0.39 is 16.5 Å². The van der Waals surface area contributed by atoms with Crippen LogP contribution in [0, 0.1) is 111 Å². The van der Waals surface area contributed by atoms with Crippen molar-refractivity contribution in [2.24, 2.45) is 53.6 Å². The molecule has 8 aliphatic heterocycles. The molecule has 6 atom stereocenters. The van der Waals surface area contributed by atoms with Gasteiger partial charge >= 0.3 is 34.5 Å². The normalized spacial score (nSPS) is 19.6. The molecule has 12 aromatic rings. The Morgan fingerprint density at radius 1 is 0.414 bits per heavy atom. The summed E-state index contributed by atoms with van der Waals surface area (Å²) in [5.41, 5.74) is 28.9. The second-order valence-electron chi connectivity index (χ2n) is 28.8. The Morgan fingerprint density at radius 2 is 0.784 bits per heavy atom. The average Bonchev–Trinajstić information content (AvgIpc) is 1.50. The predicted molar refractivity (Wildman–Crippen MR) is 437 cm³/mol. The van der Waals surface area contributed by atoms with Gasteiger partial charge in [0, 0.05) is 62.0 Å². The summed E-state index contributed by atoms with van der Waals surface area (Å²) in [7, 11) is 0. The topological polar surface area (TPSA) is 254 Å². The molecule has 12 heterocycles. The first kappa shape index (κ1) is 75.0. The van der Waals surface area contributed by atoms with Crippen LogP contribution in [-0.2, 0) is 11.6 Å². The van der Waals surface area contributed by atoms with E-state index in [1.165, 1.54) is 82.9 Å². The quantitative estimate of drug-likeness (QED) is 0.0472. The van der Waals surface area contributed by atoms with Crippen molar-refractivity contribution >= 4 is 151 Å². The van der Waals surface area contributed by atoms with E-state index in [1.54, 1.807) is 18.2 Å². The average molecular weight is 1540 g/mol. The van der Waals surface area contributed by atoms with Crippen molar-refractivity contribution in [3.05, 3.63) is 298 Å². The number of halogens is 4. The van der Waals surface area contributed by atoms with Crippen LogP contribution in [0.2, 0.25) is 5.02 Å². The van der Waals surface area contributed by atoms with Crippen LogP contribution in [0.3, 0.4) is 0 Å². The third-order valence-electron chi connectivity index (χ3n) is 21.7. The molecular weight excluding hydrogens is 1470 g/mol. The number of hydrogen-bond acceptors (Lipinski definition) is 10. The van der Waals surface area contributed by atoms with Crippen molar-refractivity contribution < 1.29 is 38.7 Å². The third-order valence-corrected chi connectivity index (χ3v) is 22.0. The second-order valence-corrected chi connectivity index (χ2v) is 31.2. The summed E-state index contributed by atoms with van der Waals surface area (Å²) in [6.07, 6.45) is 13.8. The molecule has 25 heteroatoms. The number of aryl methyl sites for hydroxylation is 6. The van der Waals surface area contributed by atoms with Gasteiger partial charge in [0.25, 0.3) is 34.9 Å². The van der Waals surface area contributed by atoms with Crippen molar-refractivity contribution in [1.82, 2.24) is 18.3 Å². The van der Waals surface area contributed by atoms with Gasteiger partial charge in [0.2, 0.25) is 22.6 Å². The van der Waals surface area contributed by atoms with E-state index in [4.69, 9.17) is 108 Å². The molecular formula is C86H65BCl4N19Na+2. The van der Waals surface area contributed by atoms with Crippen LogP contribution in [0.1, 0.15) is 83.3 Å². The summed E-state index contributed by atoms with van der Waals surface area (Å²) in [6.45, 7) is 21.6. The second kappa shape index (κ2) is 28.7. The minimum absolute atomic E-state index is 0. The molecule has 0 N–H and O–H groups in total. The molecule has 2 aliphatic carbocycles. The van der Waals surface area contributed by atoms with Gasteiger partial charge in [-0.1, -0.05) is 192 Å². The standard InChI is InChI=1S/2C29H23N6.C11H10.C9H6N2.C8H3ClN2.BCl3.N3.Na/c1-14-5-8-17-20(11-14)26-30-24-18-9-6-15(2)12-21(18)28-32-25-19-10-7-16(3)13-22(19)27-31-23(17)33(26)29(4,34(24)28)35(25)27;1-14-5-8-17-20(11-14)26-31-25-19-10-7-16(3)13-22(19)28-32-27-21-12-15(2)6-9-18(21)24-30-23(17)33(26)29(4,34(24)27)35(25)28;1-9-5-4-7-10-6-2-3-8-11(9)10;1-7-2-3-8(5-10)9(4-7)6-11;9-8-2-1-6(4-10)7(3-8)5-11;2-1(3)4;1-3-2;/h5-13,17,20H,1-4H3;5-13,19,22H,1-4H3;2-8H,1H3;2-4H,1H3;1-3H;;;/q2*+1;;;;;-1;+1/t17?,20?,29-;19?,22?,29-;;;;;;/m01....../s1. The van der Waals surface area contributed by atoms with Crippen molar-refractivity contribution in [2.45, 2.75) is 80.8 Å². The predicted octanol–water partition coefficient (Wildman–Crippen LogP) is 15.5. The number of fused-ring (bicyclic) bond motifs is 19. The zero-order valence-electron chi connectivity index (χ0n) is 62.3. The van der Waals surface area contributed by atoms with Gasteiger partial charge in [0.05, 0.1) is 45.9 Å². The zero-order valence-corrected chi connectivity index (χ0v) is 67.3. The number of benzene rings is 8. The zero-order chi connectivity index (χ0) is 77.3. The van der Waals surface area contributed by atoms with Gasteiger partial charge in [0.1, 0.15) is 46.9 Å². The number of rotatable bonds is 0. The van der Waals surface area contributed by atoms with Crippen LogP contribution in [0.5, 0.6) is 0 Å². The fourth-order valence-corrected chi connectivity index (χ4v) is 17.1. The van der Waals surface area contributed by atoms with Crippen LogP contribution in [-0.4, -0.2) is 55.7 Å². The summed E-state index contributed by atoms with van der Waals surface area (Å²) in [4.78, 5) is 32.9. The monoisotopic (exact) mass is 1540 g/mol. The van der Waals surface area contributed by atoms with Crippen molar-refractivity contribution in [3.8, 4) is 24.3 Å². The Kier molecular flexibility index (Phi) is 19.4. The first-order valence-electron chi connectivity index (χ1n) is 35.6. The maximum atomic E-state index is 8.57. The van der Waals surface area contributed by atoms with Gasteiger partial charge < -0.3 is 11.1 Å². The van der Waals surface area contributed by atoms with Crippen molar-refractivity contribution in [1.29, 1.82) is 21.0 Å². The van der Waals surface area contributed by atoms with E-state index in [-0.39, 0.29) is 53.2 Å². The van der Waals surface area contributed by atoms with Crippen LogP contribution in [0.25, 0.3) is 69.8 Å². The fraction of sp³-hybridized carbons (Fsp3) is 0.186. The molecule has 0 spiro atoms. The molecule has 4 aromatic heterocycles. The van der Waals surface area contributed by atoms with Gasteiger partial charge in [-0.25, -0.2) is 28.3 Å². The number of aromatic nitrogens is 4. The molecule has 10 aliphatic rings. The molecule has 111 heavy (non-hydrogen) atoms. The maximum absolute atomic E-state index is 8.57. The number of allylic oxidation sites excluding steroid dienone is 4. The Morgan fingerprint density at radius 3 is 1.24 bits per heavy atom. The molecule has 4 unspecified atom stereocenters. The van der Waals surface area contributed by atoms with E-state index in [1.807, 2.05) is 37.3 Å². The molecule has 22 rings (SSSR count). The number of hydrogen-bond donors (Lipinski definition) is 0. The van der Waals surface area contributed by atoms with Crippen LogP contribution in [0.15, 0.2) is 229 Å². The summed E-state index contributed by atoms with van der Waals surface area (Å²) in [5, 5.41) is 46.6. The third kappa shape index (κ3) is 11.9. The van der Waals surface area contributed by atoms with Crippen LogP contribution in [0.4, 0.5) is 23.3 Å². The van der Waals surface area contributed by atoms with Gasteiger partial charge in [-0.05, 0) is 138 Å². The molecule has 534 valence electrons. The Labute approximate surface area is 680 Å². The molecule has 0 saturated heterocycles. The molecule has 0 fully saturated rings. The van der Waals surface area contributed by atoms with E-state index in [0.29, 0.717) is 27.3 Å². The minimum Gasteiger partial charge on any atom is -0.373 e. The maximum Gasteiger partial charge on any atom is 1.00 e. The van der Waals surface area contributed by atoms with Crippen LogP contribution < -0.4 is 51.5 Å². The smallest absolute Gasteiger partial charge is 0.373 e. The number of amidine groups is 4. The largest absolute Gasteiger partial charge is 1.00 e. The first-order chi connectivity index (χ1) is 53.0. The Bertz CT molecular complexity index is 6860. The first-order valence-corrected chi connectivity index (χ1v) is 37.3. The van der Waals surface area contributed by atoms with Crippen molar-refractivity contribution in [2.75, 3.05) is 0 Å². The summed E-state index contributed by atoms with van der Waals surface area (Å²) in [6, 6.07) is 58.9. The molecule has 0 saturated carbocycles. The SMILES string of the molecule is CC1=CC2C3=Nc4c5cc(C)ccc5c5n4[C@@]4(C)n6c(c7cc(C)ccc7c6=N5)=NC(=[N+]34)C2C=C1.CC1=CC2C3=Nc4c5ccc(C)cc5c5n4[C@@]4(C)n6c(c7cc(C)ccc7c6=N5)=NC(=[N+]34)C2C=C1.Cc1ccc(C#N)c(C#N)c1.Cc1cccc2ccccc12.ClB(Cl)Cl.N#Cc1ccc(Cl)cc1C#N.[N-]=[N+]=[N-].[Na+]. The van der Waals surface area contributed by atoms with Crippen molar-refractivity contribution in [3.63, 3.8) is 0 Å². The number of nitriles is 4. The van der Waals surface area contributed by atoms with Gasteiger partial charge in [0.15, 0.2) is 0 Å². The molecule has 8 aromatic carbocycles. The number of nitrogens with zero attached hydrogens (tertiary/aromatic N) is 19. The summed E-state index contributed by atoms with van der Waals surface area (Å²) in [5.74, 6) is 7.97. The van der Waals surface area contributed by atoms with Crippen LogP contribution >= 0.6 is 46.0 Å². The number of aliphatic imine (C=N–C) groups is 2. The Hall–Kier alpha value is -11.5. The van der Waals surface area contributed by atoms with E-state index in [0.717, 1.165) is 101 Å².